The maximum absolute atomic E-state index is 13.5. The van der Waals surface area contributed by atoms with Gasteiger partial charge < -0.3 is 28.6 Å². The molecule has 1 aliphatic heterocycles. The molecule has 1 saturated heterocycles. The number of hydrogen-bond donors (Lipinski definition) is 1. The number of rotatable bonds is 11. The Kier molecular flexibility index (Phi) is 8.96. The lowest BCUT2D eigenvalue weighted by molar-refractivity contribution is -0.0647. The fraction of sp³-hybridized carbons (Fsp3) is 0.444. The largest absolute Gasteiger partial charge is 0.493 e. The van der Waals surface area contributed by atoms with E-state index in [1.165, 1.54) is 6.07 Å². The van der Waals surface area contributed by atoms with Gasteiger partial charge in [-0.05, 0) is 43.2 Å². The van der Waals surface area contributed by atoms with Gasteiger partial charge in [0.05, 0.1) is 26.9 Å². The molecule has 200 valence electrons. The van der Waals surface area contributed by atoms with Gasteiger partial charge in [-0.1, -0.05) is 6.07 Å². The van der Waals surface area contributed by atoms with Crippen LogP contribution in [-0.4, -0.2) is 71.8 Å². The Hall–Kier alpha value is -3.21. The lowest BCUT2D eigenvalue weighted by Crippen LogP contribution is -2.48. The Morgan fingerprint density at radius 1 is 1.11 bits per heavy atom. The highest BCUT2D eigenvalue weighted by molar-refractivity contribution is 5.43. The molecule has 0 aliphatic carbocycles. The van der Waals surface area contributed by atoms with Crippen LogP contribution >= 0.6 is 0 Å². The molecule has 1 atom stereocenters. The molecule has 2 aromatic carbocycles. The van der Waals surface area contributed by atoms with Crippen molar-refractivity contribution in [3.63, 3.8) is 0 Å². The van der Waals surface area contributed by atoms with Gasteiger partial charge in [0.25, 0.3) is 0 Å². The minimum Gasteiger partial charge on any atom is -0.493 e. The van der Waals surface area contributed by atoms with Crippen molar-refractivity contribution in [2.24, 2.45) is 0 Å². The molecule has 0 unspecified atom stereocenters. The first-order valence-corrected chi connectivity index (χ1v) is 12.2. The van der Waals surface area contributed by atoms with Gasteiger partial charge in [0.1, 0.15) is 23.8 Å². The molecule has 1 fully saturated rings. The average molecular weight is 518 g/mol. The molecule has 0 amide bonds. The Morgan fingerprint density at radius 2 is 1.97 bits per heavy atom. The van der Waals surface area contributed by atoms with E-state index in [1.54, 1.807) is 13.3 Å². The number of hydrogen-bond acceptors (Lipinski definition) is 7. The minimum absolute atomic E-state index is 0.0713. The fourth-order valence-electron chi connectivity index (χ4n) is 4.25. The number of ether oxygens (including phenoxy) is 4. The zero-order chi connectivity index (χ0) is 26.3. The molecule has 3 aromatic rings. The van der Waals surface area contributed by atoms with E-state index in [9.17, 15) is 13.9 Å². The van der Waals surface area contributed by atoms with Crippen LogP contribution in [0.15, 0.2) is 48.8 Å². The van der Waals surface area contributed by atoms with Crippen LogP contribution in [0.4, 0.5) is 8.78 Å². The molecule has 8 nitrogen and oxygen atoms in total. The maximum Gasteiger partial charge on any atom is 0.162 e. The van der Waals surface area contributed by atoms with Gasteiger partial charge in [0, 0.05) is 44.6 Å². The number of imidazole rings is 1. The number of aromatic nitrogens is 2. The number of β-amino-alcohol motifs (C(OH)–C–C–N with tert-alkyl or cyclic N) is 1. The lowest BCUT2D eigenvalue weighted by atomic mass is 10.1. The van der Waals surface area contributed by atoms with Gasteiger partial charge in [-0.3, -0.25) is 4.90 Å². The summed E-state index contributed by atoms with van der Waals surface area (Å²) >= 11 is 0. The van der Waals surface area contributed by atoms with Crippen molar-refractivity contribution in [2.45, 2.75) is 32.0 Å². The molecule has 1 N–H and O–H groups in total. The summed E-state index contributed by atoms with van der Waals surface area (Å²) in [4.78, 5) is 6.28. The second-order valence-electron chi connectivity index (χ2n) is 9.21. The topological polar surface area (TPSA) is 78.2 Å². The Bertz CT molecular complexity index is 1170. The van der Waals surface area contributed by atoms with Crippen LogP contribution in [0, 0.1) is 18.6 Å². The third kappa shape index (κ3) is 7.41. The average Bonchev–Trinajstić information content (AvgIpc) is 3.20. The molecule has 0 spiro atoms. The number of aryl methyl sites for hydroxylation is 2. The number of aliphatic hydroxyl groups is 1. The van der Waals surface area contributed by atoms with Gasteiger partial charge in [-0.2, -0.15) is 0 Å². The zero-order valence-electron chi connectivity index (χ0n) is 21.2. The van der Waals surface area contributed by atoms with Gasteiger partial charge >= 0.3 is 0 Å². The van der Waals surface area contributed by atoms with E-state index in [0.717, 1.165) is 36.5 Å². The van der Waals surface area contributed by atoms with Crippen LogP contribution in [0.1, 0.15) is 17.8 Å². The van der Waals surface area contributed by atoms with Crippen LogP contribution in [0.5, 0.6) is 17.2 Å². The van der Waals surface area contributed by atoms with E-state index in [0.29, 0.717) is 37.8 Å². The van der Waals surface area contributed by atoms with Crippen molar-refractivity contribution in [3.8, 4) is 17.2 Å². The SMILES string of the molecule is COc1cc(CN2CCOC[C@@](O)(COc3ccc(F)c(F)c3)C2)ccc1OCCCn1ccnc1C. The smallest absolute Gasteiger partial charge is 0.162 e. The number of nitrogens with zero attached hydrogens (tertiary/aromatic N) is 3. The monoisotopic (exact) mass is 517 g/mol. The molecule has 0 radical (unpaired) electrons. The Balaban J connectivity index is 1.32. The highest BCUT2D eigenvalue weighted by atomic mass is 19.2. The molecule has 37 heavy (non-hydrogen) atoms. The van der Waals surface area contributed by atoms with Crippen LogP contribution in [0.3, 0.4) is 0 Å². The Labute approximate surface area is 215 Å². The third-order valence-corrected chi connectivity index (χ3v) is 6.20. The standard InChI is InChI=1S/C27H33F2N3O5/c1-20-30-8-10-32(20)9-3-12-36-25-7-4-21(14-26(25)34-2)16-31-11-13-35-18-27(33,17-31)19-37-22-5-6-23(28)24(29)15-22/h4-8,10,14-15,33H,3,9,11-13,16-19H2,1-2H3/t27-/m1/s1. The third-order valence-electron chi connectivity index (χ3n) is 6.20. The summed E-state index contributed by atoms with van der Waals surface area (Å²) in [5, 5.41) is 11.1. The normalized spacial score (nSPS) is 18.4. The summed E-state index contributed by atoms with van der Waals surface area (Å²) in [7, 11) is 1.61. The first-order valence-electron chi connectivity index (χ1n) is 12.2. The summed E-state index contributed by atoms with van der Waals surface area (Å²) in [6, 6.07) is 9.07. The van der Waals surface area contributed by atoms with Crippen LogP contribution < -0.4 is 14.2 Å². The maximum atomic E-state index is 13.5. The number of halogens is 2. The summed E-state index contributed by atoms with van der Waals surface area (Å²) in [5.74, 6) is 0.472. The summed E-state index contributed by atoms with van der Waals surface area (Å²) in [6.45, 7) is 5.18. The quantitative estimate of drug-likeness (QED) is 0.390. The van der Waals surface area contributed by atoms with E-state index in [-0.39, 0.29) is 25.5 Å². The van der Waals surface area contributed by atoms with Crippen molar-refractivity contribution < 1.29 is 32.8 Å². The molecular weight excluding hydrogens is 484 g/mol. The first-order chi connectivity index (χ1) is 17.8. The van der Waals surface area contributed by atoms with Crippen LogP contribution in [-0.2, 0) is 17.8 Å². The molecular formula is C27H33F2N3O5. The van der Waals surface area contributed by atoms with Crippen molar-refractivity contribution in [2.75, 3.05) is 46.6 Å². The molecule has 0 saturated carbocycles. The van der Waals surface area contributed by atoms with Gasteiger partial charge in [0.2, 0.25) is 0 Å². The predicted octanol–water partition coefficient (Wildman–Crippen LogP) is 3.59. The van der Waals surface area contributed by atoms with Crippen molar-refractivity contribution in [1.29, 1.82) is 0 Å². The molecule has 2 heterocycles. The predicted molar refractivity (Wildman–Crippen MR) is 133 cm³/mol. The van der Waals surface area contributed by atoms with E-state index >= 15 is 0 Å². The van der Waals surface area contributed by atoms with E-state index in [1.807, 2.05) is 31.3 Å². The second-order valence-corrected chi connectivity index (χ2v) is 9.21. The molecule has 10 heteroatoms. The summed E-state index contributed by atoms with van der Waals surface area (Å²) in [5.41, 5.74) is -0.328. The fourth-order valence-corrected chi connectivity index (χ4v) is 4.25. The van der Waals surface area contributed by atoms with Crippen LogP contribution in [0.25, 0.3) is 0 Å². The highest BCUT2D eigenvalue weighted by Gasteiger charge is 2.33. The first kappa shape index (κ1) is 26.8. The highest BCUT2D eigenvalue weighted by Crippen LogP contribution is 2.29. The minimum atomic E-state index is -1.32. The zero-order valence-corrected chi connectivity index (χ0v) is 21.2. The molecule has 0 bridgehead atoms. The molecule has 1 aliphatic rings. The number of benzene rings is 2. The van der Waals surface area contributed by atoms with Crippen molar-refractivity contribution >= 4 is 0 Å². The molecule has 4 rings (SSSR count). The van der Waals surface area contributed by atoms with Crippen LogP contribution in [0.2, 0.25) is 0 Å². The van der Waals surface area contributed by atoms with Gasteiger partial charge in [-0.25, -0.2) is 13.8 Å². The lowest BCUT2D eigenvalue weighted by Gasteiger charge is -2.30. The Morgan fingerprint density at radius 3 is 2.73 bits per heavy atom. The summed E-state index contributed by atoms with van der Waals surface area (Å²) in [6.07, 6.45) is 4.57. The van der Waals surface area contributed by atoms with Gasteiger partial charge in [0.15, 0.2) is 23.1 Å². The summed E-state index contributed by atoms with van der Waals surface area (Å²) < 4.78 is 51.4. The van der Waals surface area contributed by atoms with E-state index in [2.05, 4.69) is 14.5 Å². The van der Waals surface area contributed by atoms with E-state index < -0.39 is 17.2 Å². The van der Waals surface area contributed by atoms with Crippen molar-refractivity contribution in [3.05, 3.63) is 71.8 Å². The van der Waals surface area contributed by atoms with E-state index in [4.69, 9.17) is 18.9 Å². The van der Waals surface area contributed by atoms with Gasteiger partial charge in [-0.15, -0.1) is 0 Å². The second kappa shape index (κ2) is 12.4. The number of methoxy groups -OCH3 is 1. The molecule has 1 aromatic heterocycles. The van der Waals surface area contributed by atoms with Crippen molar-refractivity contribution in [1.82, 2.24) is 14.5 Å².